The van der Waals surface area contributed by atoms with Gasteiger partial charge in [0.15, 0.2) is 16.8 Å². The second-order valence-electron chi connectivity index (χ2n) is 5.07. The third kappa shape index (κ3) is 3.53. The van der Waals surface area contributed by atoms with Crippen LogP contribution in [0.15, 0.2) is 41.2 Å². The van der Waals surface area contributed by atoms with Crippen LogP contribution in [0.5, 0.6) is 0 Å². The van der Waals surface area contributed by atoms with Crippen LogP contribution in [-0.2, 0) is 0 Å². The molecule has 0 spiro atoms. The van der Waals surface area contributed by atoms with Gasteiger partial charge < -0.3 is 10.6 Å². The van der Waals surface area contributed by atoms with Gasteiger partial charge in [0.1, 0.15) is 0 Å². The first-order valence-corrected chi connectivity index (χ1v) is 8.17. The van der Waals surface area contributed by atoms with Crippen molar-refractivity contribution < 1.29 is 8.78 Å². The minimum atomic E-state index is -0.922. The molecule has 8 heteroatoms. The molecular weight excluding hydrogens is 332 g/mol. The van der Waals surface area contributed by atoms with Crippen LogP contribution >= 0.6 is 11.8 Å². The van der Waals surface area contributed by atoms with E-state index in [-0.39, 0.29) is 0 Å². The quantitative estimate of drug-likeness (QED) is 0.889. The maximum atomic E-state index is 13.3. The van der Waals surface area contributed by atoms with Crippen LogP contribution in [-0.4, -0.2) is 27.9 Å². The summed E-state index contributed by atoms with van der Waals surface area (Å²) >= 11 is 1.59. The van der Waals surface area contributed by atoms with Gasteiger partial charge in [0.05, 0.1) is 5.69 Å². The number of rotatable bonds is 3. The number of nitrogens with zero attached hydrogens (tertiary/aromatic N) is 3. The number of aromatic nitrogens is 2. The highest BCUT2D eigenvalue weighted by Gasteiger charge is 2.17. The van der Waals surface area contributed by atoms with Crippen LogP contribution in [0.3, 0.4) is 0 Å². The maximum Gasteiger partial charge on any atom is 0.227 e. The van der Waals surface area contributed by atoms with Crippen molar-refractivity contribution in [2.45, 2.75) is 6.92 Å². The molecule has 0 fully saturated rings. The highest BCUT2D eigenvalue weighted by molar-refractivity contribution is 8.14. The lowest BCUT2D eigenvalue weighted by Gasteiger charge is -2.20. The summed E-state index contributed by atoms with van der Waals surface area (Å²) in [6, 6.07) is 5.37. The summed E-state index contributed by atoms with van der Waals surface area (Å²) in [5, 5.41) is 6.97. The Morgan fingerprint density at radius 3 is 2.79 bits per heavy atom. The maximum absolute atomic E-state index is 13.3. The Morgan fingerprint density at radius 1 is 1.25 bits per heavy atom. The van der Waals surface area contributed by atoms with E-state index in [1.165, 1.54) is 6.07 Å². The third-order valence-electron chi connectivity index (χ3n) is 3.44. The Bertz CT molecular complexity index is 835. The lowest BCUT2D eigenvalue weighted by molar-refractivity contribution is 0.509. The van der Waals surface area contributed by atoms with E-state index in [1.54, 1.807) is 25.0 Å². The van der Waals surface area contributed by atoms with Crippen LogP contribution in [0.4, 0.5) is 20.4 Å². The Morgan fingerprint density at radius 2 is 2.08 bits per heavy atom. The van der Waals surface area contributed by atoms with E-state index >= 15 is 0 Å². The second-order valence-corrected chi connectivity index (χ2v) is 6.03. The lowest BCUT2D eigenvalue weighted by Crippen LogP contribution is -2.25. The molecule has 0 amide bonds. The SMILES string of the molecule is CN=C1NC(C)=C(c2ccnc(Nc3ccc(F)c(F)c3)n2)CS1. The van der Waals surface area contributed by atoms with Gasteiger partial charge in [-0.05, 0) is 25.1 Å². The van der Waals surface area contributed by atoms with Gasteiger partial charge in [0, 0.05) is 42.0 Å². The van der Waals surface area contributed by atoms with Crippen molar-refractivity contribution >= 4 is 34.1 Å². The number of halogens is 2. The van der Waals surface area contributed by atoms with Crippen molar-refractivity contribution in [3.05, 3.63) is 53.5 Å². The van der Waals surface area contributed by atoms with Gasteiger partial charge in [-0.1, -0.05) is 11.8 Å². The standard InChI is InChI=1S/C16H15F2N5S/c1-9-11(8-24-16(19-2)21-9)14-5-6-20-15(23-14)22-10-3-4-12(17)13(18)7-10/h3-7H,8H2,1-2H3,(H,19,21)(H,20,22,23). The molecule has 1 aromatic carbocycles. The molecule has 2 heterocycles. The Kier molecular flexibility index (Phi) is 4.75. The van der Waals surface area contributed by atoms with Gasteiger partial charge >= 0.3 is 0 Å². The number of aliphatic imine (C=N–C) groups is 1. The normalized spacial score (nSPS) is 16.2. The summed E-state index contributed by atoms with van der Waals surface area (Å²) in [5.41, 5.74) is 3.17. The van der Waals surface area contributed by atoms with Crippen LogP contribution in [0, 0.1) is 11.6 Å². The molecule has 0 atom stereocenters. The van der Waals surface area contributed by atoms with Crippen molar-refractivity contribution in [1.29, 1.82) is 0 Å². The van der Waals surface area contributed by atoms with E-state index in [9.17, 15) is 8.78 Å². The lowest BCUT2D eigenvalue weighted by atomic mass is 10.1. The minimum Gasteiger partial charge on any atom is -0.339 e. The fraction of sp³-hybridized carbons (Fsp3) is 0.188. The first-order valence-electron chi connectivity index (χ1n) is 7.18. The molecule has 0 radical (unpaired) electrons. The first-order chi connectivity index (χ1) is 11.6. The molecule has 1 aliphatic heterocycles. The number of hydrogen-bond donors (Lipinski definition) is 2. The molecule has 0 bridgehead atoms. The average molecular weight is 347 g/mol. The molecular formula is C16H15F2N5S. The summed E-state index contributed by atoms with van der Waals surface area (Å²) in [5.74, 6) is -0.755. The van der Waals surface area contributed by atoms with Gasteiger partial charge in [0.2, 0.25) is 5.95 Å². The molecule has 24 heavy (non-hydrogen) atoms. The Balaban J connectivity index is 1.85. The van der Waals surface area contributed by atoms with E-state index < -0.39 is 11.6 Å². The predicted molar refractivity (Wildman–Crippen MR) is 93.2 cm³/mol. The van der Waals surface area contributed by atoms with Gasteiger partial charge in [0.25, 0.3) is 0 Å². The summed E-state index contributed by atoms with van der Waals surface area (Å²) in [6.45, 7) is 1.96. The number of nitrogens with one attached hydrogen (secondary N) is 2. The van der Waals surface area contributed by atoms with Gasteiger partial charge in [-0.3, -0.25) is 4.99 Å². The predicted octanol–water partition coefficient (Wildman–Crippen LogP) is 3.55. The van der Waals surface area contributed by atoms with Gasteiger partial charge in [-0.15, -0.1) is 0 Å². The molecule has 2 N–H and O–H groups in total. The number of amidine groups is 1. The van der Waals surface area contributed by atoms with E-state index in [1.807, 2.05) is 13.0 Å². The Labute approximate surface area is 142 Å². The largest absolute Gasteiger partial charge is 0.339 e. The molecule has 3 rings (SSSR count). The summed E-state index contributed by atoms with van der Waals surface area (Å²) in [6.07, 6.45) is 1.62. The van der Waals surface area contributed by atoms with Crippen LogP contribution < -0.4 is 10.6 Å². The summed E-state index contributed by atoms with van der Waals surface area (Å²) in [7, 11) is 1.74. The van der Waals surface area contributed by atoms with E-state index in [4.69, 9.17) is 0 Å². The van der Waals surface area contributed by atoms with Crippen LogP contribution in [0.25, 0.3) is 5.57 Å². The number of anilines is 2. The average Bonchev–Trinajstić information content (AvgIpc) is 2.58. The molecule has 2 aromatic rings. The van der Waals surface area contributed by atoms with Crippen molar-refractivity contribution in [2.24, 2.45) is 4.99 Å². The van der Waals surface area contributed by atoms with E-state index in [0.717, 1.165) is 40.0 Å². The van der Waals surface area contributed by atoms with E-state index in [0.29, 0.717) is 11.6 Å². The second kappa shape index (κ2) is 6.96. The van der Waals surface area contributed by atoms with Crippen molar-refractivity contribution in [2.75, 3.05) is 18.1 Å². The van der Waals surface area contributed by atoms with E-state index in [2.05, 4.69) is 25.6 Å². The monoisotopic (exact) mass is 347 g/mol. The molecule has 0 aliphatic carbocycles. The topological polar surface area (TPSA) is 62.2 Å². The fourth-order valence-electron chi connectivity index (χ4n) is 2.20. The molecule has 1 aliphatic rings. The highest BCUT2D eigenvalue weighted by Crippen LogP contribution is 2.26. The molecule has 124 valence electrons. The molecule has 0 saturated heterocycles. The van der Waals surface area contributed by atoms with Gasteiger partial charge in [-0.25, -0.2) is 18.7 Å². The first kappa shape index (κ1) is 16.4. The van der Waals surface area contributed by atoms with Crippen LogP contribution in [0.1, 0.15) is 12.6 Å². The number of hydrogen-bond acceptors (Lipinski definition) is 5. The minimum absolute atomic E-state index is 0.318. The van der Waals surface area contributed by atoms with Crippen molar-refractivity contribution in [3.8, 4) is 0 Å². The third-order valence-corrected chi connectivity index (χ3v) is 4.44. The molecule has 0 unspecified atom stereocenters. The van der Waals surface area contributed by atoms with Crippen molar-refractivity contribution in [1.82, 2.24) is 15.3 Å². The summed E-state index contributed by atoms with van der Waals surface area (Å²) < 4.78 is 26.3. The smallest absolute Gasteiger partial charge is 0.227 e. The zero-order valence-electron chi connectivity index (χ0n) is 13.1. The zero-order chi connectivity index (χ0) is 17.1. The highest BCUT2D eigenvalue weighted by atomic mass is 32.2. The van der Waals surface area contributed by atoms with Crippen molar-refractivity contribution in [3.63, 3.8) is 0 Å². The molecule has 5 nitrogen and oxygen atoms in total. The number of benzene rings is 1. The van der Waals surface area contributed by atoms with Crippen LogP contribution in [0.2, 0.25) is 0 Å². The molecule has 1 aromatic heterocycles. The number of allylic oxidation sites excluding steroid dienone is 1. The number of thioether (sulfide) groups is 1. The fourth-order valence-corrected chi connectivity index (χ4v) is 3.20. The summed E-state index contributed by atoms with van der Waals surface area (Å²) in [4.78, 5) is 12.7. The Hall–Kier alpha value is -2.48. The zero-order valence-corrected chi connectivity index (χ0v) is 13.9. The molecule has 0 saturated carbocycles. The van der Waals surface area contributed by atoms with Gasteiger partial charge in [-0.2, -0.15) is 0 Å².